The van der Waals surface area contributed by atoms with Gasteiger partial charge in [0.05, 0.1) is 0 Å². The molecular formula is C13H20ClN3S. The van der Waals surface area contributed by atoms with Crippen LogP contribution >= 0.6 is 22.9 Å². The highest BCUT2D eigenvalue weighted by atomic mass is 35.5. The number of thiazole rings is 1. The van der Waals surface area contributed by atoms with Gasteiger partial charge >= 0.3 is 0 Å². The number of hydrogen-bond acceptors (Lipinski definition) is 4. The summed E-state index contributed by atoms with van der Waals surface area (Å²) in [5.74, 6) is 0. The van der Waals surface area contributed by atoms with E-state index in [4.69, 9.17) is 11.6 Å². The van der Waals surface area contributed by atoms with Crippen LogP contribution in [0.3, 0.4) is 0 Å². The Labute approximate surface area is 118 Å². The van der Waals surface area contributed by atoms with Crippen molar-refractivity contribution in [3.63, 3.8) is 0 Å². The van der Waals surface area contributed by atoms with E-state index in [1.807, 2.05) is 6.20 Å². The first-order chi connectivity index (χ1) is 8.81. The van der Waals surface area contributed by atoms with Crippen molar-refractivity contribution in [1.29, 1.82) is 0 Å². The molecule has 3 nitrogen and oxygen atoms in total. The van der Waals surface area contributed by atoms with Gasteiger partial charge in [-0.25, -0.2) is 4.98 Å². The minimum atomic E-state index is 0.664. The average molecular weight is 286 g/mol. The fraction of sp³-hybridized carbons (Fsp3) is 0.769. The predicted octanol–water partition coefficient (Wildman–Crippen LogP) is 2.86. The van der Waals surface area contributed by atoms with Crippen LogP contribution in [0.5, 0.6) is 0 Å². The second-order valence-electron chi connectivity index (χ2n) is 5.35. The smallest absolute Gasteiger partial charge is 0.183 e. The fourth-order valence-electron chi connectivity index (χ4n) is 3.11. The molecule has 3 heterocycles. The van der Waals surface area contributed by atoms with E-state index in [1.165, 1.54) is 56.7 Å². The molecule has 1 unspecified atom stereocenters. The van der Waals surface area contributed by atoms with E-state index in [0.29, 0.717) is 4.47 Å². The lowest BCUT2D eigenvalue weighted by Crippen LogP contribution is -2.40. The molecule has 1 aromatic rings. The van der Waals surface area contributed by atoms with E-state index in [-0.39, 0.29) is 0 Å². The van der Waals surface area contributed by atoms with Crippen LogP contribution in [0.25, 0.3) is 0 Å². The van der Waals surface area contributed by atoms with Crippen molar-refractivity contribution in [2.75, 3.05) is 26.2 Å². The van der Waals surface area contributed by atoms with Crippen molar-refractivity contribution >= 4 is 22.9 Å². The molecule has 0 bridgehead atoms. The van der Waals surface area contributed by atoms with Gasteiger partial charge in [-0.1, -0.05) is 18.0 Å². The van der Waals surface area contributed by atoms with Crippen molar-refractivity contribution in [1.82, 2.24) is 14.8 Å². The molecule has 0 amide bonds. The molecule has 2 aliphatic heterocycles. The maximum absolute atomic E-state index is 5.88. The van der Waals surface area contributed by atoms with Gasteiger partial charge in [0, 0.05) is 36.8 Å². The molecule has 0 spiro atoms. The molecule has 0 aliphatic carbocycles. The molecule has 2 saturated heterocycles. The summed E-state index contributed by atoms with van der Waals surface area (Å²) in [7, 11) is 0. The van der Waals surface area contributed by atoms with Gasteiger partial charge in [-0.05, 0) is 32.4 Å². The van der Waals surface area contributed by atoms with Crippen LogP contribution in [-0.4, -0.2) is 47.0 Å². The van der Waals surface area contributed by atoms with Crippen LogP contribution in [0.2, 0.25) is 4.47 Å². The Hall–Kier alpha value is -0.160. The van der Waals surface area contributed by atoms with Crippen LogP contribution in [0, 0.1) is 0 Å². The topological polar surface area (TPSA) is 19.4 Å². The lowest BCUT2D eigenvalue weighted by molar-refractivity contribution is 0.161. The van der Waals surface area contributed by atoms with Gasteiger partial charge in [0.25, 0.3) is 0 Å². The molecule has 100 valence electrons. The first-order valence-corrected chi connectivity index (χ1v) is 8.07. The monoisotopic (exact) mass is 285 g/mol. The van der Waals surface area contributed by atoms with Crippen molar-refractivity contribution in [2.45, 2.75) is 38.3 Å². The Morgan fingerprint density at radius 2 is 2.11 bits per heavy atom. The Morgan fingerprint density at radius 3 is 2.83 bits per heavy atom. The van der Waals surface area contributed by atoms with Gasteiger partial charge in [0.2, 0.25) is 0 Å². The van der Waals surface area contributed by atoms with Crippen LogP contribution in [0.1, 0.15) is 30.6 Å². The second kappa shape index (κ2) is 5.87. The van der Waals surface area contributed by atoms with Crippen LogP contribution in [0.4, 0.5) is 0 Å². The normalized spacial score (nSPS) is 26.8. The SMILES string of the molecule is Clc1ncc(CN2CCC(N3CCCCC3)C2)s1. The second-order valence-corrected chi connectivity index (χ2v) is 7.05. The molecule has 2 aliphatic rings. The Balaban J connectivity index is 1.51. The lowest BCUT2D eigenvalue weighted by Gasteiger charge is -2.32. The summed E-state index contributed by atoms with van der Waals surface area (Å²) in [5.41, 5.74) is 0. The summed E-state index contributed by atoms with van der Waals surface area (Å²) in [6.07, 6.45) is 7.45. The minimum absolute atomic E-state index is 0.664. The maximum Gasteiger partial charge on any atom is 0.183 e. The van der Waals surface area contributed by atoms with E-state index in [0.717, 1.165) is 12.6 Å². The zero-order valence-corrected chi connectivity index (χ0v) is 12.2. The van der Waals surface area contributed by atoms with Gasteiger partial charge < -0.3 is 0 Å². The molecule has 1 atom stereocenters. The molecule has 5 heteroatoms. The van der Waals surface area contributed by atoms with E-state index >= 15 is 0 Å². The number of piperidine rings is 1. The summed E-state index contributed by atoms with van der Waals surface area (Å²) in [6, 6.07) is 0.786. The van der Waals surface area contributed by atoms with E-state index < -0.39 is 0 Å². The molecular weight excluding hydrogens is 266 g/mol. The van der Waals surface area contributed by atoms with Crippen molar-refractivity contribution < 1.29 is 0 Å². The van der Waals surface area contributed by atoms with Crippen molar-refractivity contribution in [2.24, 2.45) is 0 Å². The molecule has 1 aromatic heterocycles. The zero-order chi connectivity index (χ0) is 12.4. The lowest BCUT2D eigenvalue weighted by atomic mass is 10.1. The minimum Gasteiger partial charge on any atom is -0.299 e. The maximum atomic E-state index is 5.88. The van der Waals surface area contributed by atoms with Gasteiger partial charge in [0.15, 0.2) is 4.47 Å². The number of rotatable bonds is 3. The van der Waals surface area contributed by atoms with Gasteiger partial charge in [-0.2, -0.15) is 0 Å². The van der Waals surface area contributed by atoms with Crippen LogP contribution < -0.4 is 0 Å². The molecule has 0 aromatic carbocycles. The number of aromatic nitrogens is 1. The number of nitrogens with zero attached hydrogens (tertiary/aromatic N) is 3. The fourth-order valence-corrected chi connectivity index (χ4v) is 4.13. The van der Waals surface area contributed by atoms with Crippen molar-refractivity contribution in [3.8, 4) is 0 Å². The molecule has 3 rings (SSSR count). The number of hydrogen-bond donors (Lipinski definition) is 0. The molecule has 2 fully saturated rings. The predicted molar refractivity (Wildman–Crippen MR) is 76.2 cm³/mol. The highest BCUT2D eigenvalue weighted by molar-refractivity contribution is 7.15. The Bertz CT molecular complexity index is 389. The largest absolute Gasteiger partial charge is 0.299 e. The number of halogens is 1. The summed E-state index contributed by atoms with van der Waals surface area (Å²) < 4.78 is 0.664. The summed E-state index contributed by atoms with van der Waals surface area (Å²) in [6.45, 7) is 6.08. The molecule has 18 heavy (non-hydrogen) atoms. The number of likely N-dealkylation sites (tertiary alicyclic amines) is 2. The quantitative estimate of drug-likeness (QED) is 0.851. The Morgan fingerprint density at radius 1 is 1.28 bits per heavy atom. The Kier molecular flexibility index (Phi) is 4.19. The van der Waals surface area contributed by atoms with Crippen LogP contribution in [0.15, 0.2) is 6.20 Å². The first-order valence-electron chi connectivity index (χ1n) is 6.88. The van der Waals surface area contributed by atoms with Crippen LogP contribution in [-0.2, 0) is 6.54 Å². The standard InChI is InChI=1S/C13H20ClN3S/c14-13-15-8-12(18-13)10-16-7-4-11(9-16)17-5-2-1-3-6-17/h8,11H,1-7,9-10H2. The van der Waals surface area contributed by atoms with Gasteiger partial charge in [0.1, 0.15) is 0 Å². The average Bonchev–Trinajstić information content (AvgIpc) is 3.01. The van der Waals surface area contributed by atoms with Crippen molar-refractivity contribution in [3.05, 3.63) is 15.5 Å². The van der Waals surface area contributed by atoms with E-state index in [9.17, 15) is 0 Å². The van der Waals surface area contributed by atoms with Gasteiger partial charge in [-0.3, -0.25) is 9.80 Å². The summed E-state index contributed by atoms with van der Waals surface area (Å²) in [5, 5.41) is 0. The van der Waals surface area contributed by atoms with E-state index in [1.54, 1.807) is 11.3 Å². The molecule has 0 N–H and O–H groups in total. The third-order valence-electron chi connectivity index (χ3n) is 4.06. The summed E-state index contributed by atoms with van der Waals surface area (Å²) in [4.78, 5) is 10.6. The third-order valence-corrected chi connectivity index (χ3v) is 5.16. The first kappa shape index (κ1) is 12.9. The summed E-state index contributed by atoms with van der Waals surface area (Å²) >= 11 is 7.49. The highest BCUT2D eigenvalue weighted by Crippen LogP contribution is 2.24. The van der Waals surface area contributed by atoms with E-state index in [2.05, 4.69) is 14.8 Å². The highest BCUT2D eigenvalue weighted by Gasteiger charge is 2.28. The third kappa shape index (κ3) is 3.05. The van der Waals surface area contributed by atoms with Gasteiger partial charge in [-0.15, -0.1) is 11.3 Å². The molecule has 0 radical (unpaired) electrons. The molecule has 0 saturated carbocycles. The zero-order valence-electron chi connectivity index (χ0n) is 10.6.